The maximum atomic E-state index is 12.6. The number of amides is 2. The first kappa shape index (κ1) is 26.8. The van der Waals surface area contributed by atoms with Gasteiger partial charge < -0.3 is 5.32 Å². The number of aromatic nitrogens is 2. The molecule has 2 heterocycles. The molecule has 3 aromatic rings. The number of carbonyl (C=O) groups excluding carboxylic acids is 2. The lowest BCUT2D eigenvalue weighted by Gasteiger charge is -2.15. The predicted octanol–water partition coefficient (Wildman–Crippen LogP) is 5.00. The molecule has 0 unspecified atom stereocenters. The summed E-state index contributed by atoms with van der Waals surface area (Å²) >= 11 is 14.3. The Balaban J connectivity index is 1.25. The van der Waals surface area contributed by atoms with Gasteiger partial charge in [0.2, 0.25) is 21.1 Å². The summed E-state index contributed by atoms with van der Waals surface area (Å²) in [6, 6.07) is 10.7. The van der Waals surface area contributed by atoms with Gasteiger partial charge in [-0.15, -0.1) is 10.2 Å². The molecule has 1 fully saturated rings. The summed E-state index contributed by atoms with van der Waals surface area (Å²) in [5, 5.41) is 14.5. The van der Waals surface area contributed by atoms with Crippen LogP contribution in [-0.2, 0) is 14.8 Å². The fraction of sp³-hybridized carbons (Fsp3) is 0.273. The summed E-state index contributed by atoms with van der Waals surface area (Å²) in [4.78, 5) is 24.9. The van der Waals surface area contributed by atoms with Crippen LogP contribution in [0.15, 0.2) is 51.7 Å². The van der Waals surface area contributed by atoms with Crippen molar-refractivity contribution in [2.24, 2.45) is 0 Å². The lowest BCUT2D eigenvalue weighted by molar-refractivity contribution is -0.115. The van der Waals surface area contributed by atoms with Gasteiger partial charge in [0, 0.05) is 36.5 Å². The van der Waals surface area contributed by atoms with Crippen LogP contribution in [0.25, 0.3) is 0 Å². The van der Waals surface area contributed by atoms with Crippen molar-refractivity contribution in [3.05, 3.63) is 58.1 Å². The van der Waals surface area contributed by atoms with E-state index in [4.69, 9.17) is 23.2 Å². The number of carbonyl (C=O) groups is 2. The topological polar surface area (TPSA) is 121 Å². The molecule has 1 aliphatic heterocycles. The normalized spacial score (nSPS) is 14.1. The standard InChI is InChI=1S/C22H21Cl2N5O4S3/c23-17-8-5-15(13-18(17)24)25-19(30)9-12-34-22-28-27-21(35-22)26-20(31)14-3-6-16(7-4-14)36(32,33)29-10-1-2-11-29/h3-8,13H,1-2,9-12H2,(H,25,30)(H,26,27,31). The highest BCUT2D eigenvalue weighted by molar-refractivity contribution is 8.01. The summed E-state index contributed by atoms with van der Waals surface area (Å²) in [6.07, 6.45) is 1.94. The number of halogens is 2. The number of hydrogen-bond donors (Lipinski definition) is 2. The van der Waals surface area contributed by atoms with E-state index in [2.05, 4.69) is 20.8 Å². The third-order valence-electron chi connectivity index (χ3n) is 5.20. The Morgan fingerprint density at radius 1 is 1.00 bits per heavy atom. The van der Waals surface area contributed by atoms with E-state index in [0.29, 0.717) is 49.6 Å². The van der Waals surface area contributed by atoms with E-state index in [1.54, 1.807) is 18.2 Å². The van der Waals surface area contributed by atoms with Crippen LogP contribution in [0, 0.1) is 0 Å². The van der Waals surface area contributed by atoms with Gasteiger partial charge in [-0.3, -0.25) is 14.9 Å². The molecule has 0 atom stereocenters. The highest BCUT2D eigenvalue weighted by Gasteiger charge is 2.27. The van der Waals surface area contributed by atoms with Gasteiger partial charge in [0.1, 0.15) is 0 Å². The highest BCUT2D eigenvalue weighted by Crippen LogP contribution is 2.28. The summed E-state index contributed by atoms with van der Waals surface area (Å²) in [7, 11) is -3.53. The lowest BCUT2D eigenvalue weighted by atomic mass is 10.2. The molecule has 9 nitrogen and oxygen atoms in total. The second kappa shape index (κ2) is 11.9. The third kappa shape index (κ3) is 6.75. The van der Waals surface area contributed by atoms with E-state index in [1.165, 1.54) is 51.7 Å². The Kier molecular flexibility index (Phi) is 8.86. The zero-order chi connectivity index (χ0) is 25.7. The molecule has 0 bridgehead atoms. The van der Waals surface area contributed by atoms with Crippen LogP contribution in [0.2, 0.25) is 10.0 Å². The van der Waals surface area contributed by atoms with Gasteiger partial charge in [0.15, 0.2) is 4.34 Å². The molecule has 0 aliphatic carbocycles. The zero-order valence-electron chi connectivity index (χ0n) is 18.7. The van der Waals surface area contributed by atoms with Gasteiger partial charge in [-0.1, -0.05) is 46.3 Å². The molecule has 0 spiro atoms. The van der Waals surface area contributed by atoms with Crippen molar-refractivity contribution in [2.45, 2.75) is 28.5 Å². The van der Waals surface area contributed by atoms with Crippen LogP contribution in [-0.4, -0.2) is 53.6 Å². The fourth-order valence-electron chi connectivity index (χ4n) is 3.37. The number of nitrogens with one attached hydrogen (secondary N) is 2. The predicted molar refractivity (Wildman–Crippen MR) is 143 cm³/mol. The van der Waals surface area contributed by atoms with E-state index >= 15 is 0 Å². The van der Waals surface area contributed by atoms with Crippen LogP contribution in [0.4, 0.5) is 10.8 Å². The molecule has 14 heteroatoms. The molecule has 1 aromatic heterocycles. The molecule has 36 heavy (non-hydrogen) atoms. The minimum Gasteiger partial charge on any atom is -0.326 e. The number of anilines is 2. The molecule has 1 aliphatic rings. The second-order valence-corrected chi connectivity index (χ2v) is 12.8. The van der Waals surface area contributed by atoms with Crippen molar-refractivity contribution in [1.82, 2.24) is 14.5 Å². The Labute approximate surface area is 226 Å². The number of nitrogens with zero attached hydrogens (tertiary/aromatic N) is 3. The number of sulfonamides is 1. The summed E-state index contributed by atoms with van der Waals surface area (Å²) in [5.74, 6) is -0.147. The van der Waals surface area contributed by atoms with Gasteiger partial charge in [0.05, 0.1) is 14.9 Å². The van der Waals surface area contributed by atoms with Crippen molar-refractivity contribution in [2.75, 3.05) is 29.5 Å². The van der Waals surface area contributed by atoms with Gasteiger partial charge in [-0.05, 0) is 55.3 Å². The van der Waals surface area contributed by atoms with Crippen LogP contribution in [0.5, 0.6) is 0 Å². The third-order valence-corrected chi connectivity index (χ3v) is 9.83. The Hall–Kier alpha value is -2.22. The van der Waals surface area contributed by atoms with Gasteiger partial charge in [0.25, 0.3) is 5.91 Å². The molecule has 190 valence electrons. The van der Waals surface area contributed by atoms with Crippen molar-refractivity contribution in [1.29, 1.82) is 0 Å². The van der Waals surface area contributed by atoms with E-state index < -0.39 is 15.9 Å². The molecule has 4 rings (SSSR count). The molecule has 1 saturated heterocycles. The average molecular weight is 587 g/mol. The van der Waals surface area contributed by atoms with Crippen LogP contribution in [0.3, 0.4) is 0 Å². The van der Waals surface area contributed by atoms with Crippen LogP contribution >= 0.6 is 46.3 Å². The first-order chi connectivity index (χ1) is 17.2. The second-order valence-electron chi connectivity index (χ2n) is 7.74. The molecular weight excluding hydrogens is 565 g/mol. The number of hydrogen-bond acceptors (Lipinski definition) is 8. The van der Waals surface area contributed by atoms with Gasteiger partial charge in [-0.2, -0.15) is 4.31 Å². The summed E-state index contributed by atoms with van der Waals surface area (Å²) in [5.41, 5.74) is 0.862. The quantitative estimate of drug-likeness (QED) is 0.267. The molecule has 2 amide bonds. The van der Waals surface area contributed by atoms with E-state index in [1.807, 2.05) is 0 Å². The van der Waals surface area contributed by atoms with Crippen molar-refractivity contribution < 1.29 is 18.0 Å². The monoisotopic (exact) mass is 585 g/mol. The maximum Gasteiger partial charge on any atom is 0.257 e. The highest BCUT2D eigenvalue weighted by atomic mass is 35.5. The molecular formula is C22H21Cl2N5O4S3. The Bertz CT molecular complexity index is 1360. The summed E-state index contributed by atoms with van der Waals surface area (Å²) < 4.78 is 27.3. The first-order valence-corrected chi connectivity index (χ1v) is 14.8. The van der Waals surface area contributed by atoms with E-state index in [0.717, 1.165) is 12.8 Å². The Morgan fingerprint density at radius 3 is 2.42 bits per heavy atom. The molecule has 2 aromatic carbocycles. The molecule has 2 N–H and O–H groups in total. The number of benzene rings is 2. The average Bonchev–Trinajstić information content (AvgIpc) is 3.55. The molecule has 0 radical (unpaired) electrons. The van der Waals surface area contributed by atoms with Crippen LogP contribution in [0.1, 0.15) is 29.6 Å². The molecule has 0 saturated carbocycles. The smallest absolute Gasteiger partial charge is 0.257 e. The maximum absolute atomic E-state index is 12.6. The fourth-order valence-corrected chi connectivity index (χ4v) is 6.94. The Morgan fingerprint density at radius 2 is 1.72 bits per heavy atom. The first-order valence-electron chi connectivity index (χ1n) is 10.8. The van der Waals surface area contributed by atoms with Gasteiger partial charge in [-0.25, -0.2) is 8.42 Å². The van der Waals surface area contributed by atoms with Crippen molar-refractivity contribution in [3.8, 4) is 0 Å². The van der Waals surface area contributed by atoms with Crippen molar-refractivity contribution >= 4 is 79.0 Å². The minimum absolute atomic E-state index is 0.166. The largest absolute Gasteiger partial charge is 0.326 e. The summed E-state index contributed by atoms with van der Waals surface area (Å²) in [6.45, 7) is 1.04. The van der Waals surface area contributed by atoms with E-state index in [-0.39, 0.29) is 17.2 Å². The number of rotatable bonds is 9. The lowest BCUT2D eigenvalue weighted by Crippen LogP contribution is -2.27. The van der Waals surface area contributed by atoms with Crippen molar-refractivity contribution in [3.63, 3.8) is 0 Å². The van der Waals surface area contributed by atoms with E-state index in [9.17, 15) is 18.0 Å². The SMILES string of the molecule is O=C(CCSc1nnc(NC(=O)c2ccc(S(=O)(=O)N3CCCC3)cc2)s1)Nc1ccc(Cl)c(Cl)c1. The van der Waals surface area contributed by atoms with Gasteiger partial charge >= 0.3 is 0 Å². The zero-order valence-corrected chi connectivity index (χ0v) is 22.7. The van der Waals surface area contributed by atoms with Crippen LogP contribution < -0.4 is 10.6 Å². The number of thioether (sulfide) groups is 1. The minimum atomic E-state index is -3.53.